The van der Waals surface area contributed by atoms with Gasteiger partial charge in [-0.3, -0.25) is 4.79 Å². The largest absolute Gasteiger partial charge is 0.387 e. The van der Waals surface area contributed by atoms with Gasteiger partial charge < -0.3 is 10.4 Å². The van der Waals surface area contributed by atoms with Crippen molar-refractivity contribution >= 4 is 27.5 Å². The molecule has 2 aromatic heterocycles. The number of aromatic nitrogens is 3. The van der Waals surface area contributed by atoms with Crippen LogP contribution in [0.25, 0.3) is 15.9 Å². The van der Waals surface area contributed by atoms with Crippen LogP contribution in [-0.2, 0) is 0 Å². The zero-order valence-corrected chi connectivity index (χ0v) is 14.6. The highest BCUT2D eigenvalue weighted by Crippen LogP contribution is 2.19. The smallest absolute Gasteiger partial charge is 0.251 e. The van der Waals surface area contributed by atoms with Gasteiger partial charge in [0.05, 0.1) is 27.5 Å². The van der Waals surface area contributed by atoms with Crippen LogP contribution in [0.1, 0.15) is 22.0 Å². The predicted octanol–water partition coefficient (Wildman–Crippen LogP) is 2.95. The van der Waals surface area contributed by atoms with Crippen LogP contribution < -0.4 is 5.32 Å². The van der Waals surface area contributed by atoms with Gasteiger partial charge in [-0.05, 0) is 42.0 Å². The number of carbonyl (C=O) groups excluding carboxylic acids is 1. The van der Waals surface area contributed by atoms with Crippen LogP contribution in [-0.4, -0.2) is 32.3 Å². The fourth-order valence-corrected chi connectivity index (χ4v) is 3.39. The van der Waals surface area contributed by atoms with Crippen molar-refractivity contribution in [2.75, 3.05) is 6.54 Å². The van der Waals surface area contributed by atoms with E-state index >= 15 is 0 Å². The minimum absolute atomic E-state index is 0.140. The molecule has 0 spiro atoms. The number of fused-ring (bicyclic) bond motifs is 1. The third-order valence-corrected chi connectivity index (χ3v) is 4.89. The third-order valence-electron chi connectivity index (χ3n) is 4.10. The van der Waals surface area contributed by atoms with E-state index in [9.17, 15) is 9.90 Å². The number of benzene rings is 2. The molecule has 0 aliphatic carbocycles. The highest BCUT2D eigenvalue weighted by Gasteiger charge is 2.12. The minimum atomic E-state index is -0.780. The maximum Gasteiger partial charge on any atom is 0.251 e. The molecule has 1 unspecified atom stereocenters. The molecule has 0 saturated carbocycles. The summed E-state index contributed by atoms with van der Waals surface area (Å²) < 4.78 is 2.71. The SMILES string of the molecule is O=C(NCC(O)c1ccc(-n2cccn2)cc1)c1ccc2ncsc2c1. The Labute approximate surface area is 153 Å². The number of nitrogens with one attached hydrogen (secondary N) is 1. The van der Waals surface area contributed by atoms with Gasteiger partial charge in [0.25, 0.3) is 5.91 Å². The van der Waals surface area contributed by atoms with Crippen molar-refractivity contribution in [3.63, 3.8) is 0 Å². The van der Waals surface area contributed by atoms with E-state index in [1.54, 1.807) is 22.5 Å². The number of carbonyl (C=O) groups is 1. The highest BCUT2D eigenvalue weighted by atomic mass is 32.1. The molecule has 4 aromatic rings. The van der Waals surface area contributed by atoms with E-state index in [2.05, 4.69) is 15.4 Å². The molecule has 0 radical (unpaired) electrons. The Morgan fingerprint density at radius 1 is 1.23 bits per heavy atom. The van der Waals surface area contributed by atoms with Gasteiger partial charge in [0.15, 0.2) is 0 Å². The van der Waals surface area contributed by atoms with E-state index in [1.807, 2.05) is 48.7 Å². The second-order valence-corrected chi connectivity index (χ2v) is 6.69. The lowest BCUT2D eigenvalue weighted by molar-refractivity contribution is 0.0916. The van der Waals surface area contributed by atoms with E-state index in [-0.39, 0.29) is 12.5 Å². The number of thiazole rings is 1. The number of aliphatic hydroxyl groups excluding tert-OH is 1. The average Bonchev–Trinajstić information content (AvgIpc) is 3.37. The number of aliphatic hydroxyl groups is 1. The topological polar surface area (TPSA) is 80.0 Å². The molecule has 2 N–H and O–H groups in total. The lowest BCUT2D eigenvalue weighted by Crippen LogP contribution is -2.28. The van der Waals surface area contributed by atoms with Gasteiger partial charge in [0.2, 0.25) is 0 Å². The Morgan fingerprint density at radius 2 is 2.08 bits per heavy atom. The van der Waals surface area contributed by atoms with E-state index in [1.165, 1.54) is 11.3 Å². The molecule has 4 rings (SSSR count). The van der Waals surface area contributed by atoms with Crippen molar-refractivity contribution in [3.8, 4) is 5.69 Å². The van der Waals surface area contributed by atoms with Gasteiger partial charge >= 0.3 is 0 Å². The predicted molar refractivity (Wildman–Crippen MR) is 100 cm³/mol. The zero-order valence-electron chi connectivity index (χ0n) is 13.7. The van der Waals surface area contributed by atoms with Crippen LogP contribution in [0.2, 0.25) is 0 Å². The van der Waals surface area contributed by atoms with Crippen LogP contribution in [0.15, 0.2) is 66.4 Å². The lowest BCUT2D eigenvalue weighted by atomic mass is 10.1. The first-order chi connectivity index (χ1) is 12.7. The van der Waals surface area contributed by atoms with Crippen molar-refractivity contribution in [3.05, 3.63) is 77.6 Å². The number of amides is 1. The first-order valence-corrected chi connectivity index (χ1v) is 8.98. The normalized spacial score (nSPS) is 12.2. The summed E-state index contributed by atoms with van der Waals surface area (Å²) in [5.41, 5.74) is 4.84. The number of nitrogens with zero attached hydrogens (tertiary/aromatic N) is 3. The molecule has 0 saturated heterocycles. The zero-order chi connectivity index (χ0) is 17.9. The summed E-state index contributed by atoms with van der Waals surface area (Å²) in [4.78, 5) is 16.5. The van der Waals surface area contributed by atoms with E-state index in [0.29, 0.717) is 5.56 Å². The summed E-state index contributed by atoms with van der Waals surface area (Å²) in [7, 11) is 0. The summed E-state index contributed by atoms with van der Waals surface area (Å²) in [6.45, 7) is 0.140. The van der Waals surface area contributed by atoms with E-state index in [4.69, 9.17) is 0 Å². The standard InChI is InChI=1S/C19H16N4O2S/c24-17(13-2-5-15(6-3-13)23-9-1-8-22-23)11-20-19(25)14-4-7-16-18(10-14)26-12-21-16/h1-10,12,17,24H,11H2,(H,20,25). The first-order valence-electron chi connectivity index (χ1n) is 8.10. The second kappa shape index (κ2) is 7.07. The Morgan fingerprint density at radius 3 is 2.85 bits per heavy atom. The molecular formula is C19H16N4O2S. The molecule has 7 heteroatoms. The highest BCUT2D eigenvalue weighted by molar-refractivity contribution is 7.16. The molecule has 1 atom stereocenters. The second-order valence-electron chi connectivity index (χ2n) is 5.80. The van der Waals surface area contributed by atoms with Crippen LogP contribution >= 0.6 is 11.3 Å². The van der Waals surface area contributed by atoms with Gasteiger partial charge in [0, 0.05) is 24.5 Å². The molecule has 2 aromatic carbocycles. The Balaban J connectivity index is 1.39. The van der Waals surface area contributed by atoms with Crippen molar-refractivity contribution in [2.24, 2.45) is 0 Å². The Hall–Kier alpha value is -3.03. The first kappa shape index (κ1) is 16.4. The van der Waals surface area contributed by atoms with Crippen LogP contribution in [0, 0.1) is 0 Å². The van der Waals surface area contributed by atoms with Gasteiger partial charge in [-0.15, -0.1) is 11.3 Å². The van der Waals surface area contributed by atoms with Gasteiger partial charge in [-0.1, -0.05) is 12.1 Å². The van der Waals surface area contributed by atoms with Crippen molar-refractivity contribution < 1.29 is 9.90 Å². The number of hydrogen-bond acceptors (Lipinski definition) is 5. The molecule has 0 aliphatic heterocycles. The molecule has 6 nitrogen and oxygen atoms in total. The third kappa shape index (κ3) is 3.35. The molecule has 26 heavy (non-hydrogen) atoms. The fourth-order valence-electron chi connectivity index (χ4n) is 2.68. The molecular weight excluding hydrogens is 348 g/mol. The van der Waals surface area contributed by atoms with Crippen molar-refractivity contribution in [1.82, 2.24) is 20.1 Å². The summed E-state index contributed by atoms with van der Waals surface area (Å²) in [6.07, 6.45) is 2.78. The maximum atomic E-state index is 12.3. The molecule has 0 bridgehead atoms. The number of hydrogen-bond donors (Lipinski definition) is 2. The number of rotatable bonds is 5. The van der Waals surface area contributed by atoms with Gasteiger partial charge in [0.1, 0.15) is 0 Å². The van der Waals surface area contributed by atoms with Gasteiger partial charge in [-0.2, -0.15) is 5.10 Å². The summed E-state index contributed by atoms with van der Waals surface area (Å²) >= 11 is 1.49. The fraction of sp³-hybridized carbons (Fsp3) is 0.105. The quantitative estimate of drug-likeness (QED) is 0.571. The van der Waals surface area contributed by atoms with E-state index < -0.39 is 6.10 Å². The lowest BCUT2D eigenvalue weighted by Gasteiger charge is -2.13. The molecule has 0 aliphatic rings. The molecule has 2 heterocycles. The summed E-state index contributed by atoms with van der Waals surface area (Å²) in [5, 5.41) is 17.3. The van der Waals surface area contributed by atoms with Crippen LogP contribution in [0.3, 0.4) is 0 Å². The van der Waals surface area contributed by atoms with Crippen molar-refractivity contribution in [1.29, 1.82) is 0 Å². The summed E-state index contributed by atoms with van der Waals surface area (Å²) in [6, 6.07) is 14.6. The van der Waals surface area contributed by atoms with Crippen LogP contribution in [0.4, 0.5) is 0 Å². The monoisotopic (exact) mass is 364 g/mol. The average molecular weight is 364 g/mol. The van der Waals surface area contributed by atoms with Gasteiger partial charge in [-0.25, -0.2) is 9.67 Å². The molecule has 0 fully saturated rings. The summed E-state index contributed by atoms with van der Waals surface area (Å²) in [5.74, 6) is -0.215. The van der Waals surface area contributed by atoms with Crippen molar-refractivity contribution in [2.45, 2.75) is 6.10 Å². The molecule has 1 amide bonds. The maximum absolute atomic E-state index is 12.3. The van der Waals surface area contributed by atoms with E-state index in [0.717, 1.165) is 21.5 Å². The minimum Gasteiger partial charge on any atom is -0.387 e. The Bertz CT molecular complexity index is 1030. The molecule has 130 valence electrons. The van der Waals surface area contributed by atoms with Crippen LogP contribution in [0.5, 0.6) is 0 Å². The Kier molecular flexibility index (Phi) is 4.47.